The second-order valence-electron chi connectivity index (χ2n) is 2.87. The van der Waals surface area contributed by atoms with Crippen molar-refractivity contribution < 1.29 is 4.74 Å². The van der Waals surface area contributed by atoms with E-state index in [0.717, 1.165) is 17.4 Å². The molecule has 0 spiro atoms. The van der Waals surface area contributed by atoms with Gasteiger partial charge in [0.1, 0.15) is 17.2 Å². The smallest absolute Gasteiger partial charge is 0.130 e. The molecule has 0 aliphatic rings. The summed E-state index contributed by atoms with van der Waals surface area (Å²) in [6.45, 7) is 2.75. The first-order valence-corrected chi connectivity index (χ1v) is 5.61. The zero-order valence-corrected chi connectivity index (χ0v) is 9.47. The fourth-order valence-electron chi connectivity index (χ4n) is 0.879. The van der Waals surface area contributed by atoms with Gasteiger partial charge in [0, 0.05) is 19.7 Å². The van der Waals surface area contributed by atoms with Crippen molar-refractivity contribution in [3.05, 3.63) is 12.4 Å². The fraction of sp³-hybridized carbons (Fsp3) is 0.556. The average molecular weight is 213 g/mol. The second-order valence-corrected chi connectivity index (χ2v) is 3.70. The predicted octanol–water partition coefficient (Wildman–Crippen LogP) is 1.65. The van der Waals surface area contributed by atoms with Crippen LogP contribution in [0.2, 0.25) is 0 Å². The first kappa shape index (κ1) is 11.3. The Kier molecular flexibility index (Phi) is 4.69. The van der Waals surface area contributed by atoms with Gasteiger partial charge >= 0.3 is 0 Å². The van der Waals surface area contributed by atoms with Crippen molar-refractivity contribution in [2.24, 2.45) is 0 Å². The van der Waals surface area contributed by atoms with Crippen LogP contribution in [-0.2, 0) is 4.74 Å². The van der Waals surface area contributed by atoms with Crippen molar-refractivity contribution in [1.29, 1.82) is 0 Å². The molecule has 0 bridgehead atoms. The van der Waals surface area contributed by atoms with Crippen molar-refractivity contribution in [3.8, 4) is 0 Å². The SMILES string of the molecule is COC(C)CNc1cc(SC)ncn1. The van der Waals surface area contributed by atoms with Crippen LogP contribution in [0.1, 0.15) is 6.92 Å². The molecule has 0 aromatic carbocycles. The van der Waals surface area contributed by atoms with Gasteiger partial charge in [-0.2, -0.15) is 0 Å². The standard InChI is InChI=1S/C9H15N3OS/c1-7(13-2)5-10-8-4-9(14-3)12-6-11-8/h4,6-7H,5H2,1-3H3,(H,10,11,12). The summed E-state index contributed by atoms with van der Waals surface area (Å²) in [5.41, 5.74) is 0. The van der Waals surface area contributed by atoms with E-state index in [9.17, 15) is 0 Å². The number of hydrogen-bond acceptors (Lipinski definition) is 5. The lowest BCUT2D eigenvalue weighted by Crippen LogP contribution is -2.18. The third-order valence-corrected chi connectivity index (χ3v) is 2.47. The zero-order valence-electron chi connectivity index (χ0n) is 8.65. The molecule has 1 heterocycles. The average Bonchev–Trinajstić information content (AvgIpc) is 2.26. The molecule has 0 saturated heterocycles. The highest BCUT2D eigenvalue weighted by molar-refractivity contribution is 7.98. The summed E-state index contributed by atoms with van der Waals surface area (Å²) in [5.74, 6) is 0.841. The van der Waals surface area contributed by atoms with E-state index in [2.05, 4.69) is 15.3 Å². The van der Waals surface area contributed by atoms with E-state index in [4.69, 9.17) is 4.74 Å². The van der Waals surface area contributed by atoms with E-state index in [-0.39, 0.29) is 6.10 Å². The molecule has 1 rings (SSSR count). The molecule has 0 saturated carbocycles. The molecule has 0 fully saturated rings. The quantitative estimate of drug-likeness (QED) is 0.595. The van der Waals surface area contributed by atoms with Crippen LogP contribution in [0, 0.1) is 0 Å². The van der Waals surface area contributed by atoms with E-state index in [1.807, 2.05) is 19.2 Å². The fourth-order valence-corrected chi connectivity index (χ4v) is 1.26. The highest BCUT2D eigenvalue weighted by Crippen LogP contribution is 2.13. The molecule has 1 unspecified atom stereocenters. The van der Waals surface area contributed by atoms with Crippen LogP contribution in [-0.4, -0.2) is 36.0 Å². The van der Waals surface area contributed by atoms with Gasteiger partial charge in [-0.3, -0.25) is 0 Å². The van der Waals surface area contributed by atoms with Gasteiger partial charge in [-0.05, 0) is 13.2 Å². The molecule has 14 heavy (non-hydrogen) atoms. The molecule has 0 aliphatic carbocycles. The minimum Gasteiger partial charge on any atom is -0.380 e. The Morgan fingerprint density at radius 3 is 3.00 bits per heavy atom. The van der Waals surface area contributed by atoms with Crippen LogP contribution < -0.4 is 5.32 Å². The lowest BCUT2D eigenvalue weighted by Gasteiger charge is -2.11. The second kappa shape index (κ2) is 5.82. The minimum atomic E-state index is 0.183. The van der Waals surface area contributed by atoms with Crippen molar-refractivity contribution >= 4 is 17.6 Å². The lowest BCUT2D eigenvalue weighted by molar-refractivity contribution is 0.128. The Morgan fingerprint density at radius 2 is 2.36 bits per heavy atom. The maximum atomic E-state index is 5.12. The first-order valence-electron chi connectivity index (χ1n) is 4.39. The Morgan fingerprint density at radius 1 is 1.57 bits per heavy atom. The number of hydrogen-bond donors (Lipinski definition) is 1. The largest absolute Gasteiger partial charge is 0.380 e. The molecule has 5 heteroatoms. The molecule has 0 amide bonds. The number of thioether (sulfide) groups is 1. The van der Waals surface area contributed by atoms with E-state index < -0.39 is 0 Å². The molecule has 1 N–H and O–H groups in total. The van der Waals surface area contributed by atoms with Gasteiger partial charge in [-0.25, -0.2) is 9.97 Å². The molecule has 1 aromatic rings. The van der Waals surface area contributed by atoms with Crippen LogP contribution in [0.4, 0.5) is 5.82 Å². The minimum absolute atomic E-state index is 0.183. The highest BCUT2D eigenvalue weighted by atomic mass is 32.2. The monoisotopic (exact) mass is 213 g/mol. The van der Waals surface area contributed by atoms with Crippen molar-refractivity contribution in [1.82, 2.24) is 9.97 Å². The number of anilines is 1. The predicted molar refractivity (Wildman–Crippen MR) is 58.8 cm³/mol. The Bertz CT molecular complexity index is 283. The maximum Gasteiger partial charge on any atom is 0.130 e. The molecular formula is C9H15N3OS. The van der Waals surface area contributed by atoms with Crippen molar-refractivity contribution in [2.75, 3.05) is 25.2 Å². The number of rotatable bonds is 5. The van der Waals surface area contributed by atoms with Gasteiger partial charge in [0.2, 0.25) is 0 Å². The van der Waals surface area contributed by atoms with Crippen LogP contribution in [0.5, 0.6) is 0 Å². The summed E-state index contributed by atoms with van der Waals surface area (Å²) in [7, 11) is 1.69. The summed E-state index contributed by atoms with van der Waals surface area (Å²) in [6, 6.07) is 1.92. The van der Waals surface area contributed by atoms with E-state index >= 15 is 0 Å². The summed E-state index contributed by atoms with van der Waals surface area (Å²) < 4.78 is 5.12. The van der Waals surface area contributed by atoms with Crippen LogP contribution in [0.3, 0.4) is 0 Å². The van der Waals surface area contributed by atoms with Crippen LogP contribution in [0.25, 0.3) is 0 Å². The first-order chi connectivity index (χ1) is 6.76. The van der Waals surface area contributed by atoms with E-state index in [1.165, 1.54) is 0 Å². The van der Waals surface area contributed by atoms with Crippen LogP contribution in [0.15, 0.2) is 17.4 Å². The number of nitrogens with zero attached hydrogens (tertiary/aromatic N) is 2. The van der Waals surface area contributed by atoms with Gasteiger partial charge in [-0.15, -0.1) is 11.8 Å². The van der Waals surface area contributed by atoms with Gasteiger partial charge < -0.3 is 10.1 Å². The third kappa shape index (κ3) is 3.51. The highest BCUT2D eigenvalue weighted by Gasteiger charge is 2.00. The lowest BCUT2D eigenvalue weighted by atomic mass is 10.4. The number of methoxy groups -OCH3 is 1. The molecule has 1 atom stereocenters. The molecule has 4 nitrogen and oxygen atoms in total. The summed E-state index contributed by atoms with van der Waals surface area (Å²) in [4.78, 5) is 8.19. The Labute approximate surface area is 88.5 Å². The maximum absolute atomic E-state index is 5.12. The van der Waals surface area contributed by atoms with E-state index in [1.54, 1.807) is 25.2 Å². The Balaban J connectivity index is 2.50. The summed E-state index contributed by atoms with van der Waals surface area (Å²) in [5, 5.41) is 4.15. The topological polar surface area (TPSA) is 47.0 Å². The van der Waals surface area contributed by atoms with Crippen LogP contribution >= 0.6 is 11.8 Å². The van der Waals surface area contributed by atoms with E-state index in [0.29, 0.717) is 0 Å². The molecule has 78 valence electrons. The third-order valence-electron chi connectivity index (χ3n) is 1.82. The summed E-state index contributed by atoms with van der Waals surface area (Å²) in [6.07, 6.45) is 3.73. The zero-order chi connectivity index (χ0) is 10.4. The van der Waals surface area contributed by atoms with Gasteiger partial charge in [0.15, 0.2) is 0 Å². The number of ether oxygens (including phenoxy) is 1. The molecule has 0 aliphatic heterocycles. The molecule has 1 aromatic heterocycles. The van der Waals surface area contributed by atoms with Crippen molar-refractivity contribution in [3.63, 3.8) is 0 Å². The van der Waals surface area contributed by atoms with Gasteiger partial charge in [0.05, 0.1) is 6.10 Å². The van der Waals surface area contributed by atoms with Gasteiger partial charge in [0.25, 0.3) is 0 Å². The molecule has 0 radical (unpaired) electrons. The van der Waals surface area contributed by atoms with Gasteiger partial charge in [-0.1, -0.05) is 0 Å². The number of nitrogens with one attached hydrogen (secondary N) is 1. The number of aromatic nitrogens is 2. The molecular weight excluding hydrogens is 198 g/mol. The Hall–Kier alpha value is -0.810. The normalized spacial score (nSPS) is 12.5. The van der Waals surface area contributed by atoms with Crippen molar-refractivity contribution in [2.45, 2.75) is 18.1 Å². The summed E-state index contributed by atoms with van der Waals surface area (Å²) >= 11 is 1.60.